The van der Waals surface area contributed by atoms with Gasteiger partial charge in [0.15, 0.2) is 23.0 Å². The smallest absolute Gasteiger partial charge is 0.277 e. The predicted molar refractivity (Wildman–Crippen MR) is 108 cm³/mol. The highest BCUT2D eigenvalue weighted by Gasteiger charge is 2.17. The average Bonchev–Trinajstić information content (AvgIpc) is 3.44. The molecular formula is C23H16N2O4. The van der Waals surface area contributed by atoms with E-state index in [1.807, 2.05) is 42.5 Å². The summed E-state index contributed by atoms with van der Waals surface area (Å²) in [6.45, 7) is 0.183. The number of anilines is 1. The molecule has 142 valence electrons. The fraction of sp³-hybridized carbons (Fsp3) is 0.0435. The molecule has 29 heavy (non-hydrogen) atoms. The number of rotatable bonds is 4. The van der Waals surface area contributed by atoms with Crippen LogP contribution < -0.4 is 14.8 Å². The molecule has 0 spiro atoms. The first-order chi connectivity index (χ1) is 14.3. The minimum absolute atomic E-state index is 0.183. The minimum Gasteiger partial charge on any atom is -0.454 e. The number of amides is 1. The molecule has 0 saturated heterocycles. The zero-order valence-electron chi connectivity index (χ0n) is 15.3. The molecule has 6 heteroatoms. The topological polar surface area (TPSA) is 73.6 Å². The van der Waals surface area contributed by atoms with Crippen LogP contribution in [0.5, 0.6) is 11.5 Å². The Balaban J connectivity index is 1.32. The second kappa shape index (κ2) is 7.16. The molecule has 1 aliphatic heterocycles. The van der Waals surface area contributed by atoms with Crippen LogP contribution in [0, 0.1) is 0 Å². The first-order valence-corrected chi connectivity index (χ1v) is 9.10. The van der Waals surface area contributed by atoms with Crippen LogP contribution in [0.15, 0.2) is 83.4 Å². The van der Waals surface area contributed by atoms with E-state index in [-0.39, 0.29) is 18.4 Å². The van der Waals surface area contributed by atoms with Crippen molar-refractivity contribution in [3.63, 3.8) is 0 Å². The SMILES string of the molecule is O=C(Nc1ccc2c(c1)OCO2)c1cc(-c2ccc(-c3ccccc3)cc2)on1. The molecule has 1 N–H and O–H groups in total. The largest absolute Gasteiger partial charge is 0.454 e. The number of carbonyl (C=O) groups is 1. The second-order valence-corrected chi connectivity index (χ2v) is 6.54. The summed E-state index contributed by atoms with van der Waals surface area (Å²) in [6.07, 6.45) is 0. The molecule has 0 unspecified atom stereocenters. The van der Waals surface area contributed by atoms with E-state index < -0.39 is 0 Å². The standard InChI is InChI=1S/C23H16N2O4/c26-23(24-18-10-11-20-22(12-18)28-14-27-20)19-13-21(29-25-19)17-8-6-16(7-9-17)15-4-2-1-3-5-15/h1-13H,14H2,(H,24,26). The highest BCUT2D eigenvalue weighted by atomic mass is 16.7. The molecule has 5 rings (SSSR count). The lowest BCUT2D eigenvalue weighted by Gasteiger charge is -2.03. The molecule has 0 radical (unpaired) electrons. The minimum atomic E-state index is -0.361. The maximum atomic E-state index is 12.5. The molecule has 1 aliphatic rings. The fourth-order valence-electron chi connectivity index (χ4n) is 3.15. The van der Waals surface area contributed by atoms with E-state index in [4.69, 9.17) is 14.0 Å². The van der Waals surface area contributed by atoms with Crippen LogP contribution in [0.1, 0.15) is 10.5 Å². The van der Waals surface area contributed by atoms with Crippen LogP contribution in [0.2, 0.25) is 0 Å². The zero-order chi connectivity index (χ0) is 19.6. The van der Waals surface area contributed by atoms with Crippen molar-refractivity contribution in [2.24, 2.45) is 0 Å². The van der Waals surface area contributed by atoms with Crippen molar-refractivity contribution in [3.05, 3.63) is 84.6 Å². The van der Waals surface area contributed by atoms with Gasteiger partial charge < -0.3 is 19.3 Å². The molecule has 0 saturated carbocycles. The highest BCUT2D eigenvalue weighted by Crippen LogP contribution is 2.34. The third-order valence-corrected chi connectivity index (χ3v) is 4.65. The number of hydrogen-bond donors (Lipinski definition) is 1. The summed E-state index contributed by atoms with van der Waals surface area (Å²) in [5, 5.41) is 6.69. The number of fused-ring (bicyclic) bond motifs is 1. The third kappa shape index (κ3) is 3.43. The van der Waals surface area contributed by atoms with Crippen molar-refractivity contribution >= 4 is 11.6 Å². The van der Waals surface area contributed by atoms with Gasteiger partial charge in [0.25, 0.3) is 5.91 Å². The van der Waals surface area contributed by atoms with E-state index >= 15 is 0 Å². The molecule has 2 heterocycles. The Morgan fingerprint density at radius 2 is 1.52 bits per heavy atom. The van der Waals surface area contributed by atoms with Crippen molar-refractivity contribution < 1.29 is 18.8 Å². The quantitative estimate of drug-likeness (QED) is 0.537. The van der Waals surface area contributed by atoms with E-state index in [2.05, 4.69) is 22.6 Å². The van der Waals surface area contributed by atoms with E-state index in [9.17, 15) is 4.79 Å². The summed E-state index contributed by atoms with van der Waals surface area (Å²) >= 11 is 0. The number of aromatic nitrogens is 1. The third-order valence-electron chi connectivity index (χ3n) is 4.65. The summed E-state index contributed by atoms with van der Waals surface area (Å²) in [7, 11) is 0. The lowest BCUT2D eigenvalue weighted by Crippen LogP contribution is -2.12. The Morgan fingerprint density at radius 3 is 2.34 bits per heavy atom. The molecule has 0 aliphatic carbocycles. The average molecular weight is 384 g/mol. The Morgan fingerprint density at radius 1 is 0.793 bits per heavy atom. The van der Waals surface area contributed by atoms with Crippen LogP contribution in [-0.4, -0.2) is 17.9 Å². The molecule has 0 bridgehead atoms. The van der Waals surface area contributed by atoms with Gasteiger partial charge in [0.05, 0.1) is 0 Å². The predicted octanol–water partition coefficient (Wildman–Crippen LogP) is 4.99. The number of nitrogens with one attached hydrogen (secondary N) is 1. The fourth-order valence-corrected chi connectivity index (χ4v) is 3.15. The van der Waals surface area contributed by atoms with Gasteiger partial charge in [-0.25, -0.2) is 0 Å². The Labute approximate surface area is 166 Å². The Bertz CT molecular complexity index is 1170. The highest BCUT2D eigenvalue weighted by molar-refractivity contribution is 6.03. The number of benzene rings is 3. The van der Waals surface area contributed by atoms with Gasteiger partial charge in [0, 0.05) is 23.4 Å². The van der Waals surface area contributed by atoms with Gasteiger partial charge in [-0.3, -0.25) is 4.79 Å². The zero-order valence-corrected chi connectivity index (χ0v) is 15.3. The van der Waals surface area contributed by atoms with Crippen LogP contribution in [0.3, 0.4) is 0 Å². The molecule has 0 fully saturated rings. The van der Waals surface area contributed by atoms with Crippen LogP contribution in [-0.2, 0) is 0 Å². The molecule has 6 nitrogen and oxygen atoms in total. The van der Waals surface area contributed by atoms with Crippen molar-refractivity contribution in [1.82, 2.24) is 5.16 Å². The summed E-state index contributed by atoms with van der Waals surface area (Å²) in [5.41, 5.74) is 3.88. The monoisotopic (exact) mass is 384 g/mol. The summed E-state index contributed by atoms with van der Waals surface area (Å²) in [5.74, 6) is 1.42. The molecule has 0 atom stereocenters. The maximum Gasteiger partial charge on any atom is 0.277 e. The van der Waals surface area contributed by atoms with Gasteiger partial charge in [-0.05, 0) is 23.3 Å². The first kappa shape index (κ1) is 17.1. The lowest BCUT2D eigenvalue weighted by atomic mass is 10.0. The van der Waals surface area contributed by atoms with Gasteiger partial charge in [-0.15, -0.1) is 0 Å². The number of hydrogen-bond acceptors (Lipinski definition) is 5. The first-order valence-electron chi connectivity index (χ1n) is 9.10. The Kier molecular flexibility index (Phi) is 4.22. The van der Waals surface area contributed by atoms with Gasteiger partial charge >= 0.3 is 0 Å². The van der Waals surface area contributed by atoms with Gasteiger partial charge in [-0.1, -0.05) is 59.8 Å². The summed E-state index contributed by atoms with van der Waals surface area (Å²) < 4.78 is 16.0. The van der Waals surface area contributed by atoms with Crippen LogP contribution >= 0.6 is 0 Å². The number of ether oxygens (including phenoxy) is 2. The van der Waals surface area contributed by atoms with Crippen molar-refractivity contribution in [3.8, 4) is 33.9 Å². The molecule has 1 amide bonds. The van der Waals surface area contributed by atoms with E-state index in [0.717, 1.165) is 16.7 Å². The normalized spacial score (nSPS) is 12.0. The Hall–Kier alpha value is -4.06. The number of carbonyl (C=O) groups excluding carboxylic acids is 1. The second-order valence-electron chi connectivity index (χ2n) is 6.54. The molecule has 1 aromatic heterocycles. The molecule has 4 aromatic rings. The van der Waals surface area contributed by atoms with Crippen molar-refractivity contribution in [1.29, 1.82) is 0 Å². The summed E-state index contributed by atoms with van der Waals surface area (Å²) in [4.78, 5) is 12.5. The van der Waals surface area contributed by atoms with Gasteiger partial charge in [0.2, 0.25) is 6.79 Å². The van der Waals surface area contributed by atoms with E-state index in [0.29, 0.717) is 22.9 Å². The van der Waals surface area contributed by atoms with Crippen molar-refractivity contribution in [2.75, 3.05) is 12.1 Å². The van der Waals surface area contributed by atoms with E-state index in [1.165, 1.54) is 0 Å². The van der Waals surface area contributed by atoms with E-state index in [1.54, 1.807) is 24.3 Å². The van der Waals surface area contributed by atoms with Crippen LogP contribution in [0.25, 0.3) is 22.5 Å². The van der Waals surface area contributed by atoms with Crippen molar-refractivity contribution in [2.45, 2.75) is 0 Å². The lowest BCUT2D eigenvalue weighted by molar-refractivity contribution is 0.101. The van der Waals surface area contributed by atoms with Gasteiger partial charge in [0.1, 0.15) is 0 Å². The van der Waals surface area contributed by atoms with Crippen LogP contribution in [0.4, 0.5) is 5.69 Å². The maximum absolute atomic E-state index is 12.5. The summed E-state index contributed by atoms with van der Waals surface area (Å²) in [6, 6.07) is 24.9. The molecule has 3 aromatic carbocycles. The number of nitrogens with zero attached hydrogens (tertiary/aromatic N) is 1. The van der Waals surface area contributed by atoms with Gasteiger partial charge in [-0.2, -0.15) is 0 Å². The molecular weight excluding hydrogens is 368 g/mol.